The number of carboxylic acid groups (broad SMARTS) is 3. The van der Waals surface area contributed by atoms with Crippen LogP contribution in [0.1, 0.15) is 170 Å². The van der Waals surface area contributed by atoms with Crippen LogP contribution in [0.3, 0.4) is 0 Å². The molecule has 0 spiro atoms. The Hall–Kier alpha value is -8.02. The average Bonchev–Trinajstić information content (AvgIpc) is 0.800. The van der Waals surface area contributed by atoms with Crippen molar-refractivity contribution in [2.24, 2.45) is 17.8 Å². The highest BCUT2D eigenvalue weighted by Gasteiger charge is 2.29. The molecule has 4 aromatic rings. The number of fused-ring (bicyclic) bond motifs is 1. The fourth-order valence-corrected chi connectivity index (χ4v) is 11.1. The van der Waals surface area contributed by atoms with Gasteiger partial charge in [0.05, 0.1) is 134 Å². The number of nitrogens with zero attached hydrogens (tertiary/aromatic N) is 2. The Morgan fingerprint density at radius 1 is 0.410 bits per heavy atom. The van der Waals surface area contributed by atoms with Crippen LogP contribution in [0, 0.1) is 17.8 Å². The standard InChI is InChI=1S/C78H114N6O21/c1-56(2)50-67-68(51-57(3)4)81-69-54-60(26-28-64(69)80-67)71(87)24-17-23-63(86)32-34-98-36-38-100-40-42-102-44-46-104-48-49-105-47-45-103-43-41-101-39-37-99-35-33-79-75(92)61(52-58-18-11-9-12-19-58)55-72(88)70(53-59-20-13-10-14-21-59)82-73(89)25-16-8-6-5-7-15-22-62(85)27-29-65(76(93)94)83-78(97)84-66(77(95)96)30-31-74(90)91/h9-14,18-21,26,28,54,56-57,61,65-66,70H,5-8,15-17,22-25,27,29-53,55H2,1-4H3,(H,79,92)(H,82,89)(H,90,91)(H,93,94)(H,95,96)(H2,83,84,97)/t61-,65+,66+,70+/m1/s1. The van der Waals surface area contributed by atoms with Crippen molar-refractivity contribution in [1.29, 1.82) is 0 Å². The third kappa shape index (κ3) is 42.1. The molecule has 3 aromatic carbocycles. The first-order chi connectivity index (χ1) is 50.7. The van der Waals surface area contributed by atoms with Crippen LogP contribution in [-0.2, 0) is 102 Å². The van der Waals surface area contributed by atoms with E-state index < -0.39 is 60.8 Å². The Labute approximate surface area is 617 Å². The number of ether oxygens (including phenoxy) is 8. The highest BCUT2D eigenvalue weighted by molar-refractivity contribution is 5.99. The first-order valence-corrected chi connectivity index (χ1v) is 37.1. The lowest BCUT2D eigenvalue weighted by Gasteiger charge is -2.22. The molecular weight excluding hydrogens is 1360 g/mol. The quantitative estimate of drug-likeness (QED) is 0.0160. The van der Waals surface area contributed by atoms with Crippen LogP contribution in [0.15, 0.2) is 78.9 Å². The molecule has 1 aromatic heterocycles. The van der Waals surface area contributed by atoms with Crippen LogP contribution in [0.25, 0.3) is 11.0 Å². The van der Waals surface area contributed by atoms with E-state index in [4.69, 9.17) is 53.0 Å². The molecule has 0 unspecified atom stereocenters. The van der Waals surface area contributed by atoms with Crippen molar-refractivity contribution in [1.82, 2.24) is 31.2 Å². The molecule has 0 saturated heterocycles. The van der Waals surface area contributed by atoms with E-state index in [0.717, 1.165) is 65.7 Å². The smallest absolute Gasteiger partial charge is 0.326 e. The number of rotatable bonds is 64. The highest BCUT2D eigenvalue weighted by atomic mass is 16.6. The van der Waals surface area contributed by atoms with Gasteiger partial charge >= 0.3 is 23.9 Å². The first kappa shape index (κ1) is 89.4. The minimum Gasteiger partial charge on any atom is -0.481 e. The second-order valence-electron chi connectivity index (χ2n) is 26.7. The molecule has 0 aliphatic rings. The second-order valence-corrected chi connectivity index (χ2v) is 26.7. The van der Waals surface area contributed by atoms with Crippen LogP contribution >= 0.6 is 0 Å². The molecule has 0 aliphatic carbocycles. The summed E-state index contributed by atoms with van der Waals surface area (Å²) in [7, 11) is 0. The fourth-order valence-electron chi connectivity index (χ4n) is 11.1. The van der Waals surface area contributed by atoms with Crippen LogP contribution in [0.2, 0.25) is 0 Å². The van der Waals surface area contributed by atoms with Crippen molar-refractivity contribution in [2.45, 2.75) is 181 Å². The summed E-state index contributed by atoms with van der Waals surface area (Å²) in [4.78, 5) is 135. The van der Waals surface area contributed by atoms with Crippen molar-refractivity contribution in [3.63, 3.8) is 0 Å². The molecule has 1 heterocycles. The van der Waals surface area contributed by atoms with Crippen molar-refractivity contribution in [3.05, 3.63) is 107 Å². The van der Waals surface area contributed by atoms with E-state index in [0.29, 0.717) is 155 Å². The maximum Gasteiger partial charge on any atom is 0.326 e. The van der Waals surface area contributed by atoms with Gasteiger partial charge in [-0.15, -0.1) is 0 Å². The number of aliphatic carboxylic acids is 3. The van der Waals surface area contributed by atoms with Crippen LogP contribution in [-0.4, -0.2) is 215 Å². The zero-order chi connectivity index (χ0) is 76.2. The summed E-state index contributed by atoms with van der Waals surface area (Å²) in [5.41, 5.74) is 5.87. The summed E-state index contributed by atoms with van der Waals surface area (Å²) in [5, 5.41) is 37.7. The lowest BCUT2D eigenvalue weighted by molar-refractivity contribution is -0.141. The normalized spacial score (nSPS) is 12.6. The minimum absolute atomic E-state index is 0.0103. The highest BCUT2D eigenvalue weighted by Crippen LogP contribution is 2.22. The number of nitrogens with one attached hydrogen (secondary N) is 4. The van der Waals surface area contributed by atoms with Gasteiger partial charge in [0.1, 0.15) is 23.7 Å². The van der Waals surface area contributed by atoms with E-state index in [9.17, 15) is 58.2 Å². The predicted octanol–water partition coefficient (Wildman–Crippen LogP) is 8.67. The van der Waals surface area contributed by atoms with Crippen molar-refractivity contribution in [3.8, 4) is 0 Å². The van der Waals surface area contributed by atoms with Gasteiger partial charge in [0.2, 0.25) is 11.8 Å². The number of amides is 4. The SMILES string of the molecule is CC(C)Cc1nc2ccc(C(=O)CCCC(=O)CCOCCOCCOCCOCCOCCOCCOCCOCCNC(=O)[C@@H](CC(=O)[C@H](Cc3ccccc3)NC(=O)CCCCCCCCC(=O)CC[C@H](NC(=O)N[C@@H](CCC(=O)O)C(=O)O)C(=O)O)Cc3ccccc3)cc2nc1CC(C)C. The molecule has 4 amide bonds. The Morgan fingerprint density at radius 3 is 1.34 bits per heavy atom. The van der Waals surface area contributed by atoms with E-state index in [-0.39, 0.29) is 99.5 Å². The summed E-state index contributed by atoms with van der Waals surface area (Å²) in [6, 6.07) is 19.3. The number of aromatic nitrogens is 2. The maximum atomic E-state index is 14.2. The van der Waals surface area contributed by atoms with E-state index >= 15 is 0 Å². The molecule has 0 bridgehead atoms. The summed E-state index contributed by atoms with van der Waals surface area (Å²) in [6.45, 7) is 14.7. The molecule has 0 aliphatic heterocycles. The van der Waals surface area contributed by atoms with E-state index in [2.05, 4.69) is 49.0 Å². The number of ketones is 4. The lowest BCUT2D eigenvalue weighted by atomic mass is 9.89. The summed E-state index contributed by atoms with van der Waals surface area (Å²) in [5.74, 6) is -5.00. The number of carboxylic acids is 3. The van der Waals surface area contributed by atoms with E-state index in [1.807, 2.05) is 72.8 Å². The molecule has 0 fully saturated rings. The molecule has 4 rings (SSSR count). The number of hydrogen-bond donors (Lipinski definition) is 7. The molecule has 4 atom stereocenters. The Morgan fingerprint density at radius 2 is 0.848 bits per heavy atom. The monoisotopic (exact) mass is 1470 g/mol. The van der Waals surface area contributed by atoms with Crippen molar-refractivity contribution < 1.29 is 101 Å². The molecule has 0 radical (unpaired) electrons. The van der Waals surface area contributed by atoms with Gasteiger partial charge in [-0.2, -0.15) is 0 Å². The largest absolute Gasteiger partial charge is 0.481 e. The zero-order valence-electron chi connectivity index (χ0n) is 61.9. The van der Waals surface area contributed by atoms with Crippen LogP contribution < -0.4 is 21.3 Å². The number of hydrogen-bond acceptors (Lipinski definition) is 20. The molecule has 0 saturated carbocycles. The number of carbonyl (C=O) groups is 10. The summed E-state index contributed by atoms with van der Waals surface area (Å²) >= 11 is 0. The zero-order valence-corrected chi connectivity index (χ0v) is 61.9. The van der Waals surface area contributed by atoms with Crippen LogP contribution in [0.4, 0.5) is 4.79 Å². The maximum absolute atomic E-state index is 14.2. The van der Waals surface area contributed by atoms with Crippen molar-refractivity contribution >= 4 is 69.9 Å². The van der Waals surface area contributed by atoms with Gasteiger partial charge in [-0.25, -0.2) is 24.4 Å². The predicted molar refractivity (Wildman–Crippen MR) is 392 cm³/mol. The summed E-state index contributed by atoms with van der Waals surface area (Å²) in [6.07, 6.45) is 6.71. The average molecular weight is 1470 g/mol. The fraction of sp³-hybridized carbons (Fsp3) is 0.615. The number of carbonyl (C=O) groups excluding carboxylic acids is 7. The Kier molecular flexibility index (Phi) is 46.4. The molecule has 27 heteroatoms. The number of urea groups is 1. The minimum atomic E-state index is -1.55. The van der Waals surface area contributed by atoms with Gasteiger partial charge < -0.3 is 74.5 Å². The van der Waals surface area contributed by atoms with Crippen LogP contribution in [0.5, 0.6) is 0 Å². The van der Waals surface area contributed by atoms with Crippen molar-refractivity contribution in [2.75, 3.05) is 112 Å². The third-order valence-electron chi connectivity index (χ3n) is 16.7. The van der Waals surface area contributed by atoms with E-state index in [1.54, 1.807) is 6.07 Å². The second kappa shape index (κ2) is 54.6. The summed E-state index contributed by atoms with van der Waals surface area (Å²) < 4.78 is 44.7. The van der Waals surface area contributed by atoms with Gasteiger partial charge in [-0.1, -0.05) is 114 Å². The van der Waals surface area contributed by atoms with Gasteiger partial charge in [-0.05, 0) is 98.9 Å². The van der Waals surface area contributed by atoms with E-state index in [1.165, 1.54) is 0 Å². The number of benzene rings is 3. The van der Waals surface area contributed by atoms with Gasteiger partial charge in [-0.3, -0.25) is 33.6 Å². The number of Topliss-reactive ketones (excluding diaryl/α,β-unsaturated/α-hetero) is 4. The Balaban J connectivity index is 0.966. The van der Waals surface area contributed by atoms with Gasteiger partial charge in [0.15, 0.2) is 11.6 Å². The Bertz CT molecular complexity index is 3210. The van der Waals surface area contributed by atoms with Gasteiger partial charge in [0.25, 0.3) is 0 Å². The molecular formula is C78H114N6O21. The van der Waals surface area contributed by atoms with Gasteiger partial charge in [0, 0.05) is 69.4 Å². The number of unbranched alkanes of at least 4 members (excludes halogenated alkanes) is 5. The molecule has 105 heavy (non-hydrogen) atoms. The first-order valence-electron chi connectivity index (χ1n) is 37.1. The third-order valence-corrected chi connectivity index (χ3v) is 16.7. The molecule has 27 nitrogen and oxygen atoms in total. The molecule has 7 N–H and O–H groups in total. The topological polar surface area (TPSA) is 379 Å². The lowest BCUT2D eigenvalue weighted by Crippen LogP contribution is -2.51. The molecule has 582 valence electrons.